The summed E-state index contributed by atoms with van der Waals surface area (Å²) >= 11 is 1.97. The summed E-state index contributed by atoms with van der Waals surface area (Å²) < 4.78 is 0. The van der Waals surface area contributed by atoms with E-state index in [1.54, 1.807) is 4.88 Å². The van der Waals surface area contributed by atoms with Crippen LogP contribution < -0.4 is 0 Å². The van der Waals surface area contributed by atoms with E-state index in [0.29, 0.717) is 0 Å². The molecule has 0 aromatic carbocycles. The zero-order valence-electron chi connectivity index (χ0n) is 8.34. The van der Waals surface area contributed by atoms with E-state index in [9.17, 15) is 0 Å². The zero-order chi connectivity index (χ0) is 9.05. The van der Waals surface area contributed by atoms with E-state index in [1.807, 2.05) is 11.3 Å². The Morgan fingerprint density at radius 2 is 2.23 bits per heavy atom. The van der Waals surface area contributed by atoms with Gasteiger partial charge in [0.05, 0.1) is 0 Å². The van der Waals surface area contributed by atoms with E-state index >= 15 is 0 Å². The minimum absolute atomic E-state index is 0.751. The molecule has 70 valence electrons. The van der Waals surface area contributed by atoms with Crippen molar-refractivity contribution >= 4 is 11.3 Å². The van der Waals surface area contributed by atoms with E-state index in [-0.39, 0.29) is 0 Å². The fourth-order valence-corrected chi connectivity index (χ4v) is 3.70. The smallest absolute Gasteiger partial charge is 0.0108 e. The second-order valence-corrected chi connectivity index (χ2v) is 6.02. The van der Waals surface area contributed by atoms with Gasteiger partial charge in [-0.25, -0.2) is 0 Å². The van der Waals surface area contributed by atoms with Gasteiger partial charge in [0.25, 0.3) is 0 Å². The lowest BCUT2D eigenvalue weighted by molar-refractivity contribution is 0.480. The quantitative estimate of drug-likeness (QED) is 0.665. The molecule has 0 aliphatic heterocycles. The molecule has 2 fully saturated rings. The van der Waals surface area contributed by atoms with E-state index < -0.39 is 0 Å². The number of aryl methyl sites for hydroxylation is 1. The molecule has 2 atom stereocenters. The van der Waals surface area contributed by atoms with Crippen molar-refractivity contribution < 1.29 is 0 Å². The first-order valence-corrected chi connectivity index (χ1v) is 6.13. The molecule has 2 aliphatic rings. The molecule has 0 bridgehead atoms. The van der Waals surface area contributed by atoms with Gasteiger partial charge in [-0.1, -0.05) is 6.92 Å². The first-order valence-electron chi connectivity index (χ1n) is 5.25. The van der Waals surface area contributed by atoms with Crippen LogP contribution in [0.3, 0.4) is 0 Å². The van der Waals surface area contributed by atoms with E-state index in [2.05, 4.69) is 25.3 Å². The number of rotatable bonds is 2. The highest BCUT2D eigenvalue weighted by Crippen LogP contribution is 2.67. The summed E-state index contributed by atoms with van der Waals surface area (Å²) in [5, 5.41) is 2.25. The molecule has 0 spiro atoms. The number of thiophene rings is 1. The molecule has 3 rings (SSSR count). The standard InChI is InChI=1S/C12H16S/c1-8-3-6-13-11(8)9-7-10(9)12(2)4-5-12/h3,6,9-10H,4-5,7H2,1-2H3/t9-,10-/m1/s1. The van der Waals surface area contributed by atoms with Crippen molar-refractivity contribution in [2.45, 2.75) is 39.0 Å². The van der Waals surface area contributed by atoms with Crippen molar-refractivity contribution in [3.8, 4) is 0 Å². The molecule has 13 heavy (non-hydrogen) atoms. The Hall–Kier alpha value is -0.300. The fraction of sp³-hybridized carbons (Fsp3) is 0.667. The molecule has 2 saturated carbocycles. The first kappa shape index (κ1) is 8.05. The van der Waals surface area contributed by atoms with Crippen molar-refractivity contribution in [2.75, 3.05) is 0 Å². The molecule has 1 aromatic heterocycles. The molecule has 0 radical (unpaired) electrons. The van der Waals surface area contributed by atoms with Crippen molar-refractivity contribution in [2.24, 2.45) is 11.3 Å². The summed E-state index contributed by atoms with van der Waals surface area (Å²) in [6.07, 6.45) is 4.44. The lowest BCUT2D eigenvalue weighted by Gasteiger charge is -2.05. The highest BCUT2D eigenvalue weighted by atomic mass is 32.1. The third-order valence-electron chi connectivity index (χ3n) is 3.96. The molecular weight excluding hydrogens is 176 g/mol. The van der Waals surface area contributed by atoms with Crippen molar-refractivity contribution in [1.82, 2.24) is 0 Å². The number of hydrogen-bond donors (Lipinski definition) is 0. The summed E-state index contributed by atoms with van der Waals surface area (Å²) in [7, 11) is 0. The maximum Gasteiger partial charge on any atom is 0.0108 e. The first-order chi connectivity index (χ1) is 6.21. The third kappa shape index (κ3) is 1.17. The van der Waals surface area contributed by atoms with Crippen LogP contribution in [0.4, 0.5) is 0 Å². The Morgan fingerprint density at radius 3 is 2.77 bits per heavy atom. The van der Waals surface area contributed by atoms with Gasteiger partial charge in [-0.05, 0) is 60.4 Å². The normalized spacial score (nSPS) is 34.6. The van der Waals surface area contributed by atoms with Gasteiger partial charge in [0.1, 0.15) is 0 Å². The predicted molar refractivity (Wildman–Crippen MR) is 57.2 cm³/mol. The van der Waals surface area contributed by atoms with Crippen LogP contribution in [-0.4, -0.2) is 0 Å². The Balaban J connectivity index is 1.80. The van der Waals surface area contributed by atoms with Crippen LogP contribution in [0.5, 0.6) is 0 Å². The molecule has 1 heterocycles. The van der Waals surface area contributed by atoms with Gasteiger partial charge in [-0.2, -0.15) is 0 Å². The SMILES string of the molecule is Cc1ccsc1[C@@H]1C[C@H]1C1(C)CC1. The molecule has 0 unspecified atom stereocenters. The lowest BCUT2D eigenvalue weighted by Crippen LogP contribution is -1.97. The van der Waals surface area contributed by atoms with Crippen molar-refractivity contribution in [1.29, 1.82) is 0 Å². The van der Waals surface area contributed by atoms with Crippen LogP contribution in [-0.2, 0) is 0 Å². The van der Waals surface area contributed by atoms with Crippen LogP contribution in [0.1, 0.15) is 42.5 Å². The second-order valence-electron chi connectivity index (χ2n) is 5.07. The minimum Gasteiger partial charge on any atom is -0.148 e. The molecule has 2 aliphatic carbocycles. The topological polar surface area (TPSA) is 0 Å². The monoisotopic (exact) mass is 192 g/mol. The van der Waals surface area contributed by atoms with E-state index in [4.69, 9.17) is 0 Å². The molecule has 0 amide bonds. The Kier molecular flexibility index (Phi) is 1.48. The summed E-state index contributed by atoms with van der Waals surface area (Å²) in [5.41, 5.74) is 2.28. The largest absolute Gasteiger partial charge is 0.148 e. The van der Waals surface area contributed by atoms with Crippen LogP contribution in [0.15, 0.2) is 11.4 Å². The molecule has 0 saturated heterocycles. The summed E-state index contributed by atoms with van der Waals surface area (Å²) in [5.74, 6) is 1.97. The highest BCUT2D eigenvalue weighted by Gasteiger charge is 2.56. The number of hydrogen-bond acceptors (Lipinski definition) is 1. The molecule has 1 aromatic rings. The minimum atomic E-state index is 0.751. The van der Waals surface area contributed by atoms with Gasteiger partial charge < -0.3 is 0 Å². The van der Waals surface area contributed by atoms with Gasteiger partial charge in [0.2, 0.25) is 0 Å². The maximum absolute atomic E-state index is 2.47. The summed E-state index contributed by atoms with van der Waals surface area (Å²) in [6.45, 7) is 4.73. The fourth-order valence-electron chi connectivity index (χ4n) is 2.59. The van der Waals surface area contributed by atoms with Crippen LogP contribution in [0, 0.1) is 18.3 Å². The van der Waals surface area contributed by atoms with Gasteiger partial charge in [-0.15, -0.1) is 11.3 Å². The van der Waals surface area contributed by atoms with Gasteiger partial charge in [0.15, 0.2) is 0 Å². The van der Waals surface area contributed by atoms with Gasteiger partial charge >= 0.3 is 0 Å². The van der Waals surface area contributed by atoms with E-state index in [1.165, 1.54) is 24.8 Å². The Labute approximate surface area is 84.0 Å². The Bertz CT molecular complexity index is 333. The third-order valence-corrected chi connectivity index (χ3v) is 5.11. The van der Waals surface area contributed by atoms with Crippen molar-refractivity contribution in [3.05, 3.63) is 21.9 Å². The average molecular weight is 192 g/mol. The van der Waals surface area contributed by atoms with Gasteiger partial charge in [0, 0.05) is 4.88 Å². The van der Waals surface area contributed by atoms with Crippen LogP contribution in [0.25, 0.3) is 0 Å². The summed E-state index contributed by atoms with van der Waals surface area (Å²) in [4.78, 5) is 1.68. The van der Waals surface area contributed by atoms with Crippen LogP contribution >= 0.6 is 11.3 Å². The second kappa shape index (κ2) is 2.38. The highest BCUT2D eigenvalue weighted by molar-refractivity contribution is 7.10. The lowest BCUT2D eigenvalue weighted by atomic mass is 10.0. The molecule has 0 N–H and O–H groups in total. The zero-order valence-corrected chi connectivity index (χ0v) is 9.16. The average Bonchev–Trinajstić information content (AvgIpc) is 2.97. The van der Waals surface area contributed by atoms with Gasteiger partial charge in [-0.3, -0.25) is 0 Å². The molecule has 0 nitrogen and oxygen atoms in total. The predicted octanol–water partition coefficient (Wildman–Crippen LogP) is 3.96. The summed E-state index contributed by atoms with van der Waals surface area (Å²) in [6, 6.07) is 2.27. The maximum atomic E-state index is 2.47. The van der Waals surface area contributed by atoms with Crippen LogP contribution in [0.2, 0.25) is 0 Å². The van der Waals surface area contributed by atoms with E-state index in [0.717, 1.165) is 17.3 Å². The van der Waals surface area contributed by atoms with Crippen molar-refractivity contribution in [3.63, 3.8) is 0 Å². The molecular formula is C12H16S. The Morgan fingerprint density at radius 1 is 1.46 bits per heavy atom. The molecule has 1 heteroatoms.